The molecule has 9 heteroatoms. The molecular weight excluding hydrogens is 355 g/mol. The Morgan fingerprint density at radius 3 is 2.72 bits per heavy atom. The highest BCUT2D eigenvalue weighted by molar-refractivity contribution is 7.13. The third-order valence-electron chi connectivity index (χ3n) is 3.29. The van der Waals surface area contributed by atoms with E-state index in [9.17, 15) is 18.0 Å². The average Bonchev–Trinajstić information content (AvgIpc) is 3.07. The van der Waals surface area contributed by atoms with E-state index in [0.29, 0.717) is 15.8 Å². The highest BCUT2D eigenvalue weighted by atomic mass is 32.1. The molecule has 0 fully saturated rings. The second-order valence-electron chi connectivity index (χ2n) is 5.08. The maximum atomic E-state index is 13.2. The quantitative estimate of drug-likeness (QED) is 0.758. The molecule has 0 radical (unpaired) electrons. The molecule has 25 heavy (non-hydrogen) atoms. The molecule has 0 spiro atoms. The van der Waals surface area contributed by atoms with Crippen LogP contribution in [0.3, 0.4) is 0 Å². The predicted molar refractivity (Wildman–Crippen MR) is 88.4 cm³/mol. The van der Waals surface area contributed by atoms with Gasteiger partial charge in [0.1, 0.15) is 18.1 Å². The number of aromatic nitrogens is 2. The molecule has 1 N–H and O–H groups in total. The lowest BCUT2D eigenvalue weighted by Gasteiger charge is -2.11. The number of hydrogen-bond donors (Lipinski definition) is 1. The summed E-state index contributed by atoms with van der Waals surface area (Å²) >= 11 is 1.32. The zero-order chi connectivity index (χ0) is 18.0. The van der Waals surface area contributed by atoms with Gasteiger partial charge in [0.05, 0.1) is 0 Å². The lowest BCUT2D eigenvalue weighted by molar-refractivity contribution is -0.141. The Bertz CT molecular complexity index is 911. The fourth-order valence-corrected chi connectivity index (χ4v) is 3.02. The van der Waals surface area contributed by atoms with Crippen LogP contribution >= 0.6 is 11.3 Å². The summed E-state index contributed by atoms with van der Waals surface area (Å²) < 4.78 is 44.2. The summed E-state index contributed by atoms with van der Waals surface area (Å²) in [5, 5.41) is 4.71. The molecule has 0 aromatic carbocycles. The van der Waals surface area contributed by atoms with Crippen LogP contribution in [0.25, 0.3) is 21.5 Å². The second-order valence-corrected chi connectivity index (χ2v) is 6.03. The fourth-order valence-electron chi connectivity index (χ4n) is 2.27. The van der Waals surface area contributed by atoms with Crippen molar-refractivity contribution in [3.8, 4) is 10.4 Å². The third-order valence-corrected chi connectivity index (χ3v) is 4.20. The van der Waals surface area contributed by atoms with Crippen LogP contribution in [0.4, 0.5) is 19.0 Å². The van der Waals surface area contributed by atoms with Crippen LogP contribution in [0.15, 0.2) is 35.7 Å². The molecule has 130 valence electrons. The Hall–Kier alpha value is -2.52. The number of carbonyl (C=O) groups is 1. The maximum Gasteiger partial charge on any atom is 0.433 e. The van der Waals surface area contributed by atoms with Crippen LogP contribution in [0.2, 0.25) is 0 Å². The van der Waals surface area contributed by atoms with Crippen LogP contribution in [-0.2, 0) is 15.7 Å². The number of hydrogen-bond acceptors (Lipinski definition) is 5. The first-order chi connectivity index (χ1) is 11.9. The third kappa shape index (κ3) is 3.77. The topological polar surface area (TPSA) is 64.1 Å². The molecule has 0 aliphatic rings. The Morgan fingerprint density at radius 1 is 1.28 bits per heavy atom. The maximum absolute atomic E-state index is 13.2. The number of methoxy groups -OCH3 is 1. The van der Waals surface area contributed by atoms with Crippen LogP contribution in [0, 0.1) is 0 Å². The molecule has 0 atom stereocenters. The molecule has 3 aromatic heterocycles. The van der Waals surface area contributed by atoms with Crippen molar-refractivity contribution < 1.29 is 22.7 Å². The minimum absolute atomic E-state index is 0.0894. The van der Waals surface area contributed by atoms with E-state index in [1.807, 2.05) is 0 Å². The van der Waals surface area contributed by atoms with Crippen molar-refractivity contribution in [2.24, 2.45) is 0 Å². The minimum atomic E-state index is -4.60. The Labute approximate surface area is 144 Å². The normalized spacial score (nSPS) is 11.7. The van der Waals surface area contributed by atoms with Crippen molar-refractivity contribution in [3.63, 3.8) is 0 Å². The molecule has 3 aromatic rings. The van der Waals surface area contributed by atoms with Crippen LogP contribution in [-0.4, -0.2) is 29.6 Å². The Morgan fingerprint density at radius 2 is 2.08 bits per heavy atom. The highest BCUT2D eigenvalue weighted by Crippen LogP contribution is 2.36. The number of fused-ring (bicyclic) bond motifs is 1. The number of pyridine rings is 2. The van der Waals surface area contributed by atoms with Crippen LogP contribution in [0.5, 0.6) is 0 Å². The van der Waals surface area contributed by atoms with E-state index in [0.717, 1.165) is 6.07 Å². The summed E-state index contributed by atoms with van der Waals surface area (Å²) in [5.74, 6) is -0.349. The van der Waals surface area contributed by atoms with Crippen molar-refractivity contribution in [1.82, 2.24) is 9.97 Å². The van der Waals surface area contributed by atoms with Crippen LogP contribution in [0.1, 0.15) is 5.69 Å². The molecular formula is C16H12F3N3O2S. The number of nitrogens with one attached hydrogen (secondary N) is 1. The summed E-state index contributed by atoms with van der Waals surface area (Å²) in [4.78, 5) is 19.9. The van der Waals surface area contributed by atoms with Gasteiger partial charge >= 0.3 is 6.18 Å². The van der Waals surface area contributed by atoms with E-state index >= 15 is 0 Å². The first kappa shape index (κ1) is 17.3. The Balaban J connectivity index is 2.13. The number of anilines is 1. The number of thiophene rings is 1. The molecule has 3 heterocycles. The van der Waals surface area contributed by atoms with Gasteiger partial charge in [-0.2, -0.15) is 13.2 Å². The zero-order valence-corrected chi connectivity index (χ0v) is 13.7. The molecule has 0 aliphatic carbocycles. The Kier molecular flexibility index (Phi) is 4.69. The van der Waals surface area contributed by atoms with Gasteiger partial charge in [-0.15, -0.1) is 11.3 Å². The number of nitrogens with zero attached hydrogens (tertiary/aromatic N) is 2. The molecule has 0 unspecified atom stereocenters. The number of ether oxygens (including phenoxy) is 1. The van der Waals surface area contributed by atoms with E-state index < -0.39 is 17.8 Å². The summed E-state index contributed by atoms with van der Waals surface area (Å²) in [6, 6.07) is 7.61. The van der Waals surface area contributed by atoms with Gasteiger partial charge in [-0.05, 0) is 29.6 Å². The summed E-state index contributed by atoms with van der Waals surface area (Å²) in [7, 11) is 1.36. The first-order valence-corrected chi connectivity index (χ1v) is 7.98. The van der Waals surface area contributed by atoms with Gasteiger partial charge in [-0.1, -0.05) is 6.07 Å². The number of carbonyl (C=O) groups excluding carboxylic acids is 1. The van der Waals surface area contributed by atoms with Gasteiger partial charge in [-0.25, -0.2) is 9.97 Å². The second kappa shape index (κ2) is 6.77. The van der Waals surface area contributed by atoms with Gasteiger partial charge in [0.2, 0.25) is 0 Å². The first-order valence-electron chi connectivity index (χ1n) is 7.10. The van der Waals surface area contributed by atoms with Gasteiger partial charge in [-0.3, -0.25) is 4.79 Å². The van der Waals surface area contributed by atoms with Gasteiger partial charge in [0.15, 0.2) is 5.65 Å². The minimum Gasteiger partial charge on any atom is -0.375 e. The summed E-state index contributed by atoms with van der Waals surface area (Å²) in [6.45, 7) is -0.184. The number of amides is 1. The monoisotopic (exact) mass is 367 g/mol. The summed E-state index contributed by atoms with van der Waals surface area (Å²) in [5.41, 5.74) is -0.723. The molecule has 0 saturated carbocycles. The van der Waals surface area contributed by atoms with Crippen molar-refractivity contribution in [3.05, 3.63) is 41.4 Å². The number of alkyl halides is 3. The van der Waals surface area contributed by atoms with Gasteiger partial charge in [0, 0.05) is 22.9 Å². The highest BCUT2D eigenvalue weighted by Gasteiger charge is 2.33. The van der Waals surface area contributed by atoms with Crippen molar-refractivity contribution >= 4 is 34.1 Å². The van der Waals surface area contributed by atoms with E-state index in [2.05, 4.69) is 15.3 Å². The lowest BCUT2D eigenvalue weighted by atomic mass is 10.1. The molecule has 0 aliphatic heterocycles. The average molecular weight is 367 g/mol. The van der Waals surface area contributed by atoms with Crippen molar-refractivity contribution in [2.75, 3.05) is 19.0 Å². The van der Waals surface area contributed by atoms with E-state index in [-0.39, 0.29) is 18.1 Å². The zero-order valence-electron chi connectivity index (χ0n) is 12.9. The van der Waals surface area contributed by atoms with Crippen LogP contribution < -0.4 is 5.32 Å². The molecule has 5 nitrogen and oxygen atoms in total. The predicted octanol–water partition coefficient (Wildman–Crippen LogP) is 3.96. The van der Waals surface area contributed by atoms with Crippen molar-refractivity contribution in [1.29, 1.82) is 0 Å². The molecule has 0 saturated heterocycles. The van der Waals surface area contributed by atoms with E-state index in [1.54, 1.807) is 23.6 Å². The lowest BCUT2D eigenvalue weighted by Crippen LogP contribution is -2.18. The number of halogens is 3. The number of rotatable bonds is 4. The van der Waals surface area contributed by atoms with Gasteiger partial charge < -0.3 is 10.1 Å². The molecule has 3 rings (SSSR count). The standard InChI is InChI=1S/C16H12F3N3O2S/c1-24-8-14(23)21-13-5-4-9-10(11-3-2-6-25-11)7-12(16(17,18)19)20-15(9)22-13/h2-7H,8H2,1H3,(H,20,21,22,23). The van der Waals surface area contributed by atoms with Gasteiger partial charge in [0.25, 0.3) is 5.91 Å². The van der Waals surface area contributed by atoms with Crippen molar-refractivity contribution in [2.45, 2.75) is 6.18 Å². The van der Waals surface area contributed by atoms with E-state index in [1.165, 1.54) is 24.5 Å². The summed E-state index contributed by atoms with van der Waals surface area (Å²) in [6.07, 6.45) is -4.60. The molecule has 0 bridgehead atoms. The molecule has 1 amide bonds. The largest absolute Gasteiger partial charge is 0.433 e. The smallest absolute Gasteiger partial charge is 0.375 e. The fraction of sp³-hybridized carbons (Fsp3) is 0.188. The van der Waals surface area contributed by atoms with E-state index in [4.69, 9.17) is 4.74 Å². The SMILES string of the molecule is COCC(=O)Nc1ccc2c(-c3cccs3)cc(C(F)(F)F)nc2n1.